The molecule has 3 aromatic carbocycles. The average Bonchev–Trinajstić information content (AvgIpc) is 2.88. The number of benzene rings is 3. The minimum Gasteiger partial charge on any atom is -0.496 e. The van der Waals surface area contributed by atoms with Crippen molar-refractivity contribution in [2.45, 2.75) is 0 Å². The number of carbonyl (C=O) groups excluding carboxylic acids is 2. The van der Waals surface area contributed by atoms with Crippen molar-refractivity contribution in [2.24, 2.45) is 0 Å². The van der Waals surface area contributed by atoms with Crippen LogP contribution in [0, 0.1) is 10.1 Å². The lowest BCUT2D eigenvalue weighted by molar-refractivity contribution is -0.384. The molecule has 0 bridgehead atoms. The van der Waals surface area contributed by atoms with Crippen molar-refractivity contribution in [3.63, 3.8) is 0 Å². The second-order valence-electron chi connectivity index (χ2n) is 7.08. The van der Waals surface area contributed by atoms with E-state index in [1.54, 1.807) is 30.3 Å². The topological polar surface area (TPSA) is 129 Å². The number of methoxy groups -OCH3 is 3. The minimum absolute atomic E-state index is 0.0763. The highest BCUT2D eigenvalue weighted by Gasteiger charge is 2.18. The van der Waals surface area contributed by atoms with E-state index in [2.05, 4.69) is 10.6 Å². The lowest BCUT2D eigenvalue weighted by Crippen LogP contribution is -2.30. The molecule has 10 nitrogen and oxygen atoms in total. The lowest BCUT2D eigenvalue weighted by Gasteiger charge is -2.13. The van der Waals surface area contributed by atoms with Gasteiger partial charge in [0.15, 0.2) is 11.5 Å². The molecule has 3 rings (SSSR count). The van der Waals surface area contributed by atoms with Gasteiger partial charge in [-0.05, 0) is 42.5 Å². The molecule has 2 N–H and O–H groups in total. The molecule has 2 amide bonds. The number of amides is 2. The van der Waals surface area contributed by atoms with Crippen LogP contribution in [0.1, 0.15) is 15.9 Å². The van der Waals surface area contributed by atoms with Crippen LogP contribution in [0.3, 0.4) is 0 Å². The van der Waals surface area contributed by atoms with Gasteiger partial charge in [-0.25, -0.2) is 0 Å². The van der Waals surface area contributed by atoms with Crippen molar-refractivity contribution >= 4 is 29.3 Å². The summed E-state index contributed by atoms with van der Waals surface area (Å²) in [5.41, 5.74) is 0.905. The van der Waals surface area contributed by atoms with Crippen LogP contribution >= 0.6 is 0 Å². The van der Waals surface area contributed by atoms with Gasteiger partial charge < -0.3 is 24.8 Å². The second kappa shape index (κ2) is 11.3. The average molecular weight is 477 g/mol. The Bertz CT molecular complexity index is 1270. The predicted molar refractivity (Wildman–Crippen MR) is 130 cm³/mol. The highest BCUT2D eigenvalue weighted by Crippen LogP contribution is 2.28. The van der Waals surface area contributed by atoms with Crippen LogP contribution in [-0.4, -0.2) is 38.1 Å². The van der Waals surface area contributed by atoms with Gasteiger partial charge >= 0.3 is 0 Å². The fraction of sp³-hybridized carbons (Fsp3) is 0.120. The van der Waals surface area contributed by atoms with Crippen molar-refractivity contribution in [1.82, 2.24) is 5.32 Å². The van der Waals surface area contributed by atoms with Gasteiger partial charge in [0, 0.05) is 28.9 Å². The molecule has 0 aliphatic heterocycles. The van der Waals surface area contributed by atoms with Crippen LogP contribution in [-0.2, 0) is 4.79 Å². The molecule has 0 fully saturated rings. The summed E-state index contributed by atoms with van der Waals surface area (Å²) < 4.78 is 15.8. The van der Waals surface area contributed by atoms with Gasteiger partial charge in [-0.2, -0.15) is 0 Å². The number of carbonyl (C=O) groups is 2. The first-order chi connectivity index (χ1) is 16.9. The summed E-state index contributed by atoms with van der Waals surface area (Å²) in [6.45, 7) is 0. The number of nitro benzene ring substituents is 1. The van der Waals surface area contributed by atoms with E-state index >= 15 is 0 Å². The molecule has 35 heavy (non-hydrogen) atoms. The van der Waals surface area contributed by atoms with Gasteiger partial charge in [0.05, 0.1) is 26.3 Å². The van der Waals surface area contributed by atoms with Crippen LogP contribution in [0.4, 0.5) is 11.4 Å². The summed E-state index contributed by atoms with van der Waals surface area (Å²) in [5, 5.41) is 16.1. The number of ether oxygens (including phenoxy) is 3. The molecule has 0 saturated heterocycles. The van der Waals surface area contributed by atoms with Gasteiger partial charge in [-0.1, -0.05) is 18.2 Å². The molecule has 0 aliphatic rings. The standard InChI is InChI=1S/C25H23N3O7/c1-33-21-7-5-4-6-16(21)14-20(25(30)26-18-9-11-19(12-10-18)28(31)32)27-24(29)17-8-13-22(34-2)23(15-17)35-3/h4-15H,1-3H3,(H,26,30)(H,27,29)/b20-14-. The quantitative estimate of drug-likeness (QED) is 0.270. The predicted octanol–water partition coefficient (Wildman–Crippen LogP) is 4.03. The summed E-state index contributed by atoms with van der Waals surface area (Å²) in [6.07, 6.45) is 1.47. The molecule has 0 radical (unpaired) electrons. The van der Waals surface area contributed by atoms with Gasteiger partial charge in [0.1, 0.15) is 11.4 Å². The van der Waals surface area contributed by atoms with Crippen molar-refractivity contribution < 1.29 is 28.7 Å². The van der Waals surface area contributed by atoms with Crippen molar-refractivity contribution in [1.29, 1.82) is 0 Å². The lowest BCUT2D eigenvalue weighted by atomic mass is 10.1. The third kappa shape index (κ3) is 6.14. The number of hydrogen-bond acceptors (Lipinski definition) is 7. The number of non-ortho nitro benzene ring substituents is 1. The number of rotatable bonds is 9. The number of hydrogen-bond donors (Lipinski definition) is 2. The van der Waals surface area contributed by atoms with Crippen LogP contribution < -0.4 is 24.8 Å². The Balaban J connectivity index is 1.93. The zero-order chi connectivity index (χ0) is 25.4. The van der Waals surface area contributed by atoms with E-state index in [1.807, 2.05) is 0 Å². The second-order valence-corrected chi connectivity index (χ2v) is 7.08. The number of nitrogens with one attached hydrogen (secondary N) is 2. The summed E-state index contributed by atoms with van der Waals surface area (Å²) in [6, 6.07) is 16.9. The molecule has 3 aromatic rings. The first-order valence-electron chi connectivity index (χ1n) is 10.3. The van der Waals surface area contributed by atoms with E-state index in [9.17, 15) is 19.7 Å². The van der Waals surface area contributed by atoms with Crippen LogP contribution in [0.15, 0.2) is 72.4 Å². The molecule has 0 unspecified atom stereocenters. The summed E-state index contributed by atoms with van der Waals surface area (Å²) in [4.78, 5) is 36.5. The molecule has 0 atom stereocenters. The Kier molecular flexibility index (Phi) is 8.02. The van der Waals surface area contributed by atoms with Gasteiger partial charge in [-0.3, -0.25) is 19.7 Å². The molecule has 0 spiro atoms. The Labute approximate surface area is 201 Å². The normalized spacial score (nSPS) is 10.8. The first kappa shape index (κ1) is 24.8. The van der Waals surface area contributed by atoms with Crippen molar-refractivity contribution in [3.8, 4) is 17.2 Å². The summed E-state index contributed by atoms with van der Waals surface area (Å²) in [5.74, 6) is 0.0912. The van der Waals surface area contributed by atoms with Gasteiger partial charge in [0.2, 0.25) is 0 Å². The number of nitrogens with zero attached hydrogens (tertiary/aromatic N) is 1. The monoisotopic (exact) mass is 477 g/mol. The fourth-order valence-electron chi connectivity index (χ4n) is 3.14. The number of anilines is 1. The Morgan fingerprint density at radius 1 is 0.857 bits per heavy atom. The molecule has 0 aliphatic carbocycles. The maximum atomic E-state index is 13.1. The SMILES string of the molecule is COc1ccccc1/C=C(\NC(=O)c1ccc(OC)c(OC)c1)C(=O)Nc1ccc([N+](=O)[O-])cc1. The van der Waals surface area contributed by atoms with E-state index in [4.69, 9.17) is 14.2 Å². The maximum Gasteiger partial charge on any atom is 0.272 e. The molecule has 0 heterocycles. The summed E-state index contributed by atoms with van der Waals surface area (Å²) >= 11 is 0. The number of nitro groups is 1. The highest BCUT2D eigenvalue weighted by molar-refractivity contribution is 6.11. The van der Waals surface area contributed by atoms with Crippen LogP contribution in [0.2, 0.25) is 0 Å². The molecule has 180 valence electrons. The molecule has 0 aromatic heterocycles. The van der Waals surface area contributed by atoms with E-state index in [0.29, 0.717) is 28.5 Å². The summed E-state index contributed by atoms with van der Waals surface area (Å²) in [7, 11) is 4.42. The van der Waals surface area contributed by atoms with E-state index < -0.39 is 16.7 Å². The molecule has 0 saturated carbocycles. The zero-order valence-corrected chi connectivity index (χ0v) is 19.2. The Morgan fingerprint density at radius 2 is 1.51 bits per heavy atom. The highest BCUT2D eigenvalue weighted by atomic mass is 16.6. The largest absolute Gasteiger partial charge is 0.496 e. The third-order valence-electron chi connectivity index (χ3n) is 4.91. The molecule has 10 heteroatoms. The smallest absolute Gasteiger partial charge is 0.272 e. The van der Waals surface area contributed by atoms with Crippen molar-refractivity contribution in [3.05, 3.63) is 93.7 Å². The van der Waals surface area contributed by atoms with Crippen LogP contribution in [0.5, 0.6) is 17.2 Å². The first-order valence-corrected chi connectivity index (χ1v) is 10.3. The molecular weight excluding hydrogens is 454 g/mol. The Hall–Kier alpha value is -4.86. The van der Waals surface area contributed by atoms with Gasteiger partial charge in [0.25, 0.3) is 17.5 Å². The Morgan fingerprint density at radius 3 is 2.14 bits per heavy atom. The van der Waals surface area contributed by atoms with E-state index in [1.165, 1.54) is 63.8 Å². The fourth-order valence-corrected chi connectivity index (χ4v) is 3.14. The maximum absolute atomic E-state index is 13.1. The molecular formula is C25H23N3O7. The minimum atomic E-state index is -0.640. The zero-order valence-electron chi connectivity index (χ0n) is 19.2. The van der Waals surface area contributed by atoms with Gasteiger partial charge in [-0.15, -0.1) is 0 Å². The van der Waals surface area contributed by atoms with E-state index in [-0.39, 0.29) is 16.9 Å². The van der Waals surface area contributed by atoms with Crippen molar-refractivity contribution in [2.75, 3.05) is 26.6 Å². The van der Waals surface area contributed by atoms with Crippen LogP contribution in [0.25, 0.3) is 6.08 Å². The third-order valence-corrected chi connectivity index (χ3v) is 4.91. The number of para-hydroxylation sites is 1. The van der Waals surface area contributed by atoms with E-state index in [0.717, 1.165) is 0 Å².